The normalized spacial score (nSPS) is 18.7. The first kappa shape index (κ1) is 27.6. The molecule has 0 saturated carbocycles. The van der Waals surface area contributed by atoms with Crippen LogP contribution < -0.4 is 5.73 Å². The fourth-order valence-corrected chi connectivity index (χ4v) is 6.62. The summed E-state index contributed by atoms with van der Waals surface area (Å²) >= 11 is 0. The first-order chi connectivity index (χ1) is 12.5. The molecule has 0 heterocycles. The first-order valence-electron chi connectivity index (χ1n) is 9.70. The van der Waals surface area contributed by atoms with Crippen LogP contribution in [0.5, 0.6) is 0 Å². The Morgan fingerprint density at radius 1 is 0.741 bits per heavy atom. The fraction of sp³-hybridized carbons (Fsp3) is 1.00. The van der Waals surface area contributed by atoms with Gasteiger partial charge in [0.25, 0.3) is 0 Å². The van der Waals surface area contributed by atoms with Crippen molar-refractivity contribution in [1.82, 2.24) is 0 Å². The van der Waals surface area contributed by atoms with E-state index in [1.807, 2.05) is 13.8 Å². The van der Waals surface area contributed by atoms with Crippen LogP contribution in [0.1, 0.15) is 54.4 Å². The van der Waals surface area contributed by atoms with Gasteiger partial charge in [0, 0.05) is 41.3 Å². The van der Waals surface area contributed by atoms with Crippen LogP contribution in [-0.4, -0.2) is 69.1 Å². The third-order valence-corrected chi connectivity index (χ3v) is 9.75. The van der Waals surface area contributed by atoms with Crippen LogP contribution >= 0.6 is 17.2 Å². The topological polar surface area (TPSA) is 72.2 Å². The maximum Gasteiger partial charge on any atom is 0.183 e. The van der Waals surface area contributed by atoms with Gasteiger partial charge >= 0.3 is 0 Å². The summed E-state index contributed by atoms with van der Waals surface area (Å²) in [7, 11) is 7.53. The number of methoxy groups -OCH3 is 4. The van der Waals surface area contributed by atoms with Crippen molar-refractivity contribution >= 4 is 17.2 Å². The lowest BCUT2D eigenvalue weighted by Crippen LogP contribution is -2.60. The summed E-state index contributed by atoms with van der Waals surface area (Å²) < 4.78 is 28.9. The number of hydrogen-bond donors (Lipinski definition) is 1. The van der Waals surface area contributed by atoms with Gasteiger partial charge in [0.05, 0.1) is 18.2 Å². The minimum Gasteiger partial charge on any atom is -0.377 e. The van der Waals surface area contributed by atoms with Crippen molar-refractivity contribution < 1.29 is 23.7 Å². The summed E-state index contributed by atoms with van der Waals surface area (Å²) in [6.45, 7) is 13.0. The lowest BCUT2D eigenvalue weighted by atomic mass is 9.94. The van der Waals surface area contributed by atoms with E-state index in [0.717, 1.165) is 12.8 Å². The standard InChI is InChI=1S/C19H43NO5P2/c1-11-18(21-7,22-8)26-15(5)17(20,13-25-14(3)4)16(6)27-19(12-2,23-9)24-10/h14-16,26-27H,11-13,20H2,1-10H3. The largest absolute Gasteiger partial charge is 0.377 e. The lowest BCUT2D eigenvalue weighted by Gasteiger charge is -2.46. The zero-order valence-electron chi connectivity index (χ0n) is 19.0. The Balaban J connectivity index is 5.68. The van der Waals surface area contributed by atoms with Gasteiger partial charge < -0.3 is 29.4 Å². The van der Waals surface area contributed by atoms with Gasteiger partial charge in [-0.05, 0) is 25.2 Å². The summed E-state index contributed by atoms with van der Waals surface area (Å²) in [5.74, 6) is 0. The van der Waals surface area contributed by atoms with E-state index in [9.17, 15) is 0 Å². The van der Waals surface area contributed by atoms with E-state index in [2.05, 4.69) is 27.7 Å². The van der Waals surface area contributed by atoms with Gasteiger partial charge in [-0.2, -0.15) is 0 Å². The van der Waals surface area contributed by atoms with Crippen molar-refractivity contribution in [2.45, 2.75) is 88.4 Å². The molecular weight excluding hydrogens is 384 g/mol. The monoisotopic (exact) mass is 427 g/mol. The number of nitrogens with two attached hydrogens (primary N) is 1. The van der Waals surface area contributed by atoms with E-state index in [0.29, 0.717) is 23.8 Å². The minimum atomic E-state index is -0.616. The molecule has 0 fully saturated rings. The van der Waals surface area contributed by atoms with Crippen molar-refractivity contribution in [3.63, 3.8) is 0 Å². The molecule has 0 aliphatic carbocycles. The van der Waals surface area contributed by atoms with Crippen LogP contribution in [-0.2, 0) is 23.7 Å². The van der Waals surface area contributed by atoms with Crippen molar-refractivity contribution in [2.24, 2.45) is 5.73 Å². The number of ether oxygens (including phenoxy) is 5. The second-order valence-electron chi connectivity index (χ2n) is 7.23. The third-order valence-electron chi connectivity index (χ3n) is 5.40. The maximum atomic E-state index is 7.04. The molecule has 0 amide bonds. The van der Waals surface area contributed by atoms with E-state index in [1.165, 1.54) is 0 Å². The van der Waals surface area contributed by atoms with Gasteiger partial charge in [0.1, 0.15) is 0 Å². The first-order valence-corrected chi connectivity index (χ1v) is 11.9. The van der Waals surface area contributed by atoms with Gasteiger partial charge in [-0.15, -0.1) is 0 Å². The van der Waals surface area contributed by atoms with Gasteiger partial charge in [-0.1, -0.05) is 44.9 Å². The SMILES string of the molecule is CCC(OC)(OC)PC(C)C(N)(COC(C)C)C(C)PC(CC)(OC)OC. The van der Waals surface area contributed by atoms with Gasteiger partial charge in [0.2, 0.25) is 0 Å². The smallest absolute Gasteiger partial charge is 0.183 e. The van der Waals surface area contributed by atoms with Gasteiger partial charge in [0.15, 0.2) is 11.1 Å². The average molecular weight is 428 g/mol. The minimum absolute atomic E-state index is 0.112. The van der Waals surface area contributed by atoms with Crippen LogP contribution in [0.2, 0.25) is 0 Å². The van der Waals surface area contributed by atoms with Gasteiger partial charge in [-0.3, -0.25) is 0 Å². The number of hydrogen-bond acceptors (Lipinski definition) is 6. The van der Waals surface area contributed by atoms with E-state index in [4.69, 9.17) is 29.4 Å². The van der Waals surface area contributed by atoms with Crippen LogP contribution in [0.25, 0.3) is 0 Å². The molecule has 2 N–H and O–H groups in total. The molecule has 0 aromatic rings. The highest BCUT2D eigenvalue weighted by Crippen LogP contribution is 2.49. The quantitative estimate of drug-likeness (QED) is 0.315. The van der Waals surface area contributed by atoms with E-state index in [-0.39, 0.29) is 17.4 Å². The predicted octanol–water partition coefficient (Wildman–Crippen LogP) is 3.96. The highest BCUT2D eigenvalue weighted by molar-refractivity contribution is 7.41. The van der Waals surface area contributed by atoms with E-state index < -0.39 is 16.6 Å². The van der Waals surface area contributed by atoms with Gasteiger partial charge in [-0.25, -0.2) is 0 Å². The summed E-state index contributed by atoms with van der Waals surface area (Å²) in [5, 5.41) is 0. The molecular formula is C19H43NO5P2. The highest BCUT2D eigenvalue weighted by Gasteiger charge is 2.45. The van der Waals surface area contributed by atoms with E-state index in [1.54, 1.807) is 28.4 Å². The Morgan fingerprint density at radius 2 is 1.07 bits per heavy atom. The maximum absolute atomic E-state index is 7.04. The summed E-state index contributed by atoms with van der Waals surface area (Å²) in [6.07, 6.45) is 1.63. The van der Waals surface area contributed by atoms with Crippen molar-refractivity contribution in [3.8, 4) is 0 Å². The molecule has 164 valence electrons. The molecule has 6 nitrogen and oxygen atoms in total. The molecule has 0 radical (unpaired) electrons. The molecule has 0 bridgehead atoms. The zero-order valence-corrected chi connectivity index (χ0v) is 21.0. The van der Waals surface area contributed by atoms with Crippen LogP contribution in [0.3, 0.4) is 0 Å². The fourth-order valence-electron chi connectivity index (χ4n) is 3.05. The Labute approximate surface area is 170 Å². The molecule has 0 spiro atoms. The molecule has 0 aromatic heterocycles. The summed E-state index contributed by atoms with van der Waals surface area (Å²) in [5.41, 5.74) is 5.50. The van der Waals surface area contributed by atoms with Crippen LogP contribution in [0.4, 0.5) is 0 Å². The molecule has 0 aromatic carbocycles. The Morgan fingerprint density at radius 3 is 1.30 bits per heavy atom. The Kier molecular flexibility index (Phi) is 12.6. The molecule has 0 rings (SSSR count). The van der Waals surface area contributed by atoms with Crippen molar-refractivity contribution in [2.75, 3.05) is 35.0 Å². The highest BCUT2D eigenvalue weighted by atomic mass is 31.1. The summed E-state index contributed by atoms with van der Waals surface area (Å²) in [4.78, 5) is 0. The van der Waals surface area contributed by atoms with Crippen molar-refractivity contribution in [3.05, 3.63) is 0 Å². The second-order valence-corrected chi connectivity index (χ2v) is 11.1. The molecule has 0 aliphatic heterocycles. The number of rotatable bonds is 15. The lowest BCUT2D eigenvalue weighted by molar-refractivity contribution is -0.139. The molecule has 0 aliphatic rings. The average Bonchev–Trinajstić information content (AvgIpc) is 2.68. The molecule has 27 heavy (non-hydrogen) atoms. The third kappa shape index (κ3) is 7.42. The zero-order chi connectivity index (χ0) is 21.3. The summed E-state index contributed by atoms with van der Waals surface area (Å²) in [6, 6.07) is 0. The van der Waals surface area contributed by atoms with Crippen LogP contribution in [0, 0.1) is 0 Å². The molecule has 4 atom stereocenters. The van der Waals surface area contributed by atoms with E-state index >= 15 is 0 Å². The molecule has 0 saturated heterocycles. The van der Waals surface area contributed by atoms with Crippen molar-refractivity contribution in [1.29, 1.82) is 0 Å². The molecule has 4 unspecified atom stereocenters. The predicted molar refractivity (Wildman–Crippen MR) is 118 cm³/mol. The second kappa shape index (κ2) is 12.3. The Hall–Kier alpha value is 0.620. The molecule has 8 heteroatoms. The Bertz CT molecular complexity index is 359. The van der Waals surface area contributed by atoms with Crippen LogP contribution in [0.15, 0.2) is 0 Å².